The fourth-order valence-electron chi connectivity index (χ4n) is 1.75. The van der Waals surface area contributed by atoms with Crippen LogP contribution in [-0.2, 0) is 0 Å². The number of halogens is 1. The molecule has 1 aromatic heterocycles. The molecular weight excluding hydrogens is 341 g/mol. The van der Waals surface area contributed by atoms with Gasteiger partial charge < -0.3 is 0 Å². The Bertz CT molecular complexity index is 670. The molecule has 1 nitrogen and oxygen atoms in total. The van der Waals surface area contributed by atoms with Gasteiger partial charge in [0.1, 0.15) is 5.01 Å². The molecule has 0 amide bonds. The molecular formula is C14H10INS. The highest BCUT2D eigenvalue weighted by Crippen LogP contribution is 2.30. The van der Waals surface area contributed by atoms with E-state index in [0.717, 1.165) is 10.5 Å². The number of benzene rings is 2. The lowest BCUT2D eigenvalue weighted by Gasteiger charge is -1.94. The summed E-state index contributed by atoms with van der Waals surface area (Å²) in [5, 5.41) is 1.10. The van der Waals surface area contributed by atoms with Gasteiger partial charge in [0, 0.05) is 9.13 Å². The van der Waals surface area contributed by atoms with Gasteiger partial charge in [-0.25, -0.2) is 4.98 Å². The van der Waals surface area contributed by atoms with Crippen molar-refractivity contribution in [1.82, 2.24) is 4.98 Å². The van der Waals surface area contributed by atoms with Crippen molar-refractivity contribution in [3.8, 4) is 10.6 Å². The van der Waals surface area contributed by atoms with Crippen LogP contribution < -0.4 is 0 Å². The van der Waals surface area contributed by atoms with Crippen LogP contribution in [0.1, 0.15) is 5.56 Å². The number of fused-ring (bicyclic) bond motifs is 1. The second kappa shape index (κ2) is 4.38. The summed E-state index contributed by atoms with van der Waals surface area (Å²) in [5.74, 6) is 0. The minimum Gasteiger partial charge on any atom is -0.236 e. The van der Waals surface area contributed by atoms with Crippen LogP contribution in [0.4, 0.5) is 0 Å². The lowest BCUT2D eigenvalue weighted by atomic mass is 10.2. The molecule has 2 aromatic carbocycles. The molecule has 0 atom stereocenters. The minimum atomic E-state index is 1.09. The number of hydrogen-bond acceptors (Lipinski definition) is 2. The zero-order valence-corrected chi connectivity index (χ0v) is 12.2. The smallest absolute Gasteiger partial charge is 0.124 e. The first-order valence-electron chi connectivity index (χ1n) is 5.35. The van der Waals surface area contributed by atoms with Gasteiger partial charge >= 0.3 is 0 Å². The Labute approximate surface area is 118 Å². The van der Waals surface area contributed by atoms with Crippen molar-refractivity contribution in [2.45, 2.75) is 6.92 Å². The minimum absolute atomic E-state index is 1.09. The van der Waals surface area contributed by atoms with Crippen molar-refractivity contribution < 1.29 is 0 Å². The Morgan fingerprint density at radius 2 is 1.82 bits per heavy atom. The molecule has 0 radical (unpaired) electrons. The Balaban J connectivity index is 2.14. The summed E-state index contributed by atoms with van der Waals surface area (Å²) in [7, 11) is 0. The van der Waals surface area contributed by atoms with Crippen LogP contribution in [0.2, 0.25) is 0 Å². The van der Waals surface area contributed by atoms with E-state index < -0.39 is 0 Å². The summed E-state index contributed by atoms with van der Waals surface area (Å²) >= 11 is 4.07. The average Bonchev–Trinajstić information content (AvgIpc) is 2.72. The van der Waals surface area contributed by atoms with Crippen molar-refractivity contribution in [2.24, 2.45) is 0 Å². The molecule has 0 aliphatic carbocycles. The van der Waals surface area contributed by atoms with Gasteiger partial charge in [0.05, 0.1) is 10.2 Å². The van der Waals surface area contributed by atoms with Gasteiger partial charge in [-0.05, 0) is 59.3 Å². The van der Waals surface area contributed by atoms with Crippen molar-refractivity contribution >= 4 is 44.1 Å². The van der Waals surface area contributed by atoms with E-state index >= 15 is 0 Å². The highest BCUT2D eigenvalue weighted by Gasteiger charge is 2.05. The predicted octanol–water partition coefficient (Wildman–Crippen LogP) is 4.88. The molecule has 17 heavy (non-hydrogen) atoms. The van der Waals surface area contributed by atoms with E-state index in [4.69, 9.17) is 0 Å². The van der Waals surface area contributed by atoms with Gasteiger partial charge in [0.2, 0.25) is 0 Å². The lowest BCUT2D eigenvalue weighted by molar-refractivity contribution is 1.45. The van der Waals surface area contributed by atoms with E-state index in [9.17, 15) is 0 Å². The number of thiazole rings is 1. The van der Waals surface area contributed by atoms with Gasteiger partial charge in [-0.1, -0.05) is 18.2 Å². The van der Waals surface area contributed by atoms with Crippen molar-refractivity contribution in [2.75, 3.05) is 0 Å². The first-order valence-corrected chi connectivity index (χ1v) is 7.25. The van der Waals surface area contributed by atoms with Crippen molar-refractivity contribution in [1.29, 1.82) is 0 Å². The number of aromatic nitrogens is 1. The van der Waals surface area contributed by atoms with Crippen LogP contribution in [0.25, 0.3) is 20.8 Å². The first kappa shape index (κ1) is 11.2. The van der Waals surface area contributed by atoms with Crippen LogP contribution >= 0.6 is 33.9 Å². The summed E-state index contributed by atoms with van der Waals surface area (Å²) in [5.41, 5.74) is 3.58. The highest BCUT2D eigenvalue weighted by atomic mass is 127. The normalized spacial score (nSPS) is 10.9. The Hall–Kier alpha value is -0.940. The van der Waals surface area contributed by atoms with E-state index in [0.29, 0.717) is 0 Å². The van der Waals surface area contributed by atoms with Crippen LogP contribution in [0.5, 0.6) is 0 Å². The molecule has 0 N–H and O–H groups in total. The summed E-state index contributed by atoms with van der Waals surface area (Å²) < 4.78 is 2.52. The molecule has 3 rings (SSSR count). The second-order valence-electron chi connectivity index (χ2n) is 4.00. The van der Waals surface area contributed by atoms with Gasteiger partial charge in [0.25, 0.3) is 0 Å². The summed E-state index contributed by atoms with van der Waals surface area (Å²) in [6, 6.07) is 14.9. The molecule has 84 valence electrons. The van der Waals surface area contributed by atoms with E-state index in [2.05, 4.69) is 77.0 Å². The third-order valence-electron chi connectivity index (χ3n) is 2.64. The van der Waals surface area contributed by atoms with E-state index in [-0.39, 0.29) is 0 Å². The SMILES string of the molecule is Cc1ccc2nc(-c3ccc(I)cc3)sc2c1. The Kier molecular flexibility index (Phi) is 2.88. The number of nitrogens with zero attached hydrogens (tertiary/aromatic N) is 1. The second-order valence-corrected chi connectivity index (χ2v) is 6.27. The number of aryl methyl sites for hydroxylation is 1. The standard InChI is InChI=1S/C14H10INS/c1-9-2-7-12-13(8-9)17-14(16-12)10-3-5-11(15)6-4-10/h2-8H,1H3. The fourth-order valence-corrected chi connectivity index (χ4v) is 3.18. The van der Waals surface area contributed by atoms with Crippen LogP contribution in [0, 0.1) is 10.5 Å². The summed E-state index contributed by atoms with van der Waals surface area (Å²) in [6.45, 7) is 2.11. The Morgan fingerprint density at radius 3 is 2.59 bits per heavy atom. The van der Waals surface area contributed by atoms with Crippen LogP contribution in [-0.4, -0.2) is 4.98 Å². The summed E-state index contributed by atoms with van der Waals surface area (Å²) in [6.07, 6.45) is 0. The molecule has 3 aromatic rings. The third kappa shape index (κ3) is 2.21. The van der Waals surface area contributed by atoms with E-state index in [1.807, 2.05) is 0 Å². The topological polar surface area (TPSA) is 12.9 Å². The van der Waals surface area contributed by atoms with Gasteiger partial charge in [-0.3, -0.25) is 0 Å². The van der Waals surface area contributed by atoms with Gasteiger partial charge in [0.15, 0.2) is 0 Å². The maximum absolute atomic E-state index is 4.67. The maximum atomic E-state index is 4.67. The average molecular weight is 351 g/mol. The molecule has 0 fully saturated rings. The molecule has 3 heteroatoms. The molecule has 0 saturated heterocycles. The quantitative estimate of drug-likeness (QED) is 0.570. The predicted molar refractivity (Wildman–Crippen MR) is 82.5 cm³/mol. The zero-order valence-electron chi connectivity index (χ0n) is 9.27. The highest BCUT2D eigenvalue weighted by molar-refractivity contribution is 14.1. The van der Waals surface area contributed by atoms with Gasteiger partial charge in [-0.15, -0.1) is 11.3 Å². The fraction of sp³-hybridized carbons (Fsp3) is 0.0714. The van der Waals surface area contributed by atoms with E-state index in [1.165, 1.54) is 19.4 Å². The molecule has 0 spiro atoms. The molecule has 0 aliphatic heterocycles. The largest absolute Gasteiger partial charge is 0.236 e. The van der Waals surface area contributed by atoms with Crippen molar-refractivity contribution in [3.63, 3.8) is 0 Å². The molecule has 0 unspecified atom stereocenters. The number of hydrogen-bond donors (Lipinski definition) is 0. The number of rotatable bonds is 1. The third-order valence-corrected chi connectivity index (χ3v) is 4.42. The molecule has 0 bridgehead atoms. The van der Waals surface area contributed by atoms with Gasteiger partial charge in [-0.2, -0.15) is 0 Å². The van der Waals surface area contributed by atoms with E-state index in [1.54, 1.807) is 11.3 Å². The zero-order chi connectivity index (χ0) is 11.8. The lowest BCUT2D eigenvalue weighted by Crippen LogP contribution is -1.76. The van der Waals surface area contributed by atoms with Crippen LogP contribution in [0.3, 0.4) is 0 Å². The maximum Gasteiger partial charge on any atom is 0.124 e. The monoisotopic (exact) mass is 351 g/mol. The molecule has 0 saturated carbocycles. The summed E-state index contributed by atoms with van der Waals surface area (Å²) in [4.78, 5) is 4.67. The van der Waals surface area contributed by atoms with Crippen LogP contribution in [0.15, 0.2) is 42.5 Å². The first-order chi connectivity index (χ1) is 8.22. The molecule has 1 heterocycles. The Morgan fingerprint density at radius 1 is 1.06 bits per heavy atom. The van der Waals surface area contributed by atoms with Crippen molar-refractivity contribution in [3.05, 3.63) is 51.6 Å². The molecule has 0 aliphatic rings.